The number of carbonyl (C=O) groups is 1. The molecule has 0 fully saturated rings. The van der Waals surface area contributed by atoms with Crippen LogP contribution in [0.2, 0.25) is 5.02 Å². The number of para-hydroxylation sites is 3. The zero-order chi connectivity index (χ0) is 19.5. The monoisotopic (exact) mass is 394 g/mol. The van der Waals surface area contributed by atoms with Crippen LogP contribution >= 0.6 is 11.6 Å². The number of nitrogens with zero attached hydrogens (tertiary/aromatic N) is 3. The number of fused-ring (bicyclic) bond motifs is 1. The predicted octanol–water partition coefficient (Wildman–Crippen LogP) is 3.58. The molecule has 4 rings (SSSR count). The molecule has 0 aliphatic rings. The minimum Gasteiger partial charge on any atom is -0.454 e. The maximum absolute atomic E-state index is 12.5. The van der Waals surface area contributed by atoms with Gasteiger partial charge in [-0.05, 0) is 36.4 Å². The SMILES string of the molecule is O=C(Cn1nc2ccccn2c1=O)Nc1ccccc1Oc1ccccc1Cl. The summed E-state index contributed by atoms with van der Waals surface area (Å²) in [6.07, 6.45) is 1.60. The summed E-state index contributed by atoms with van der Waals surface area (Å²) in [7, 11) is 0. The number of nitrogens with one attached hydrogen (secondary N) is 1. The van der Waals surface area contributed by atoms with E-state index in [1.807, 2.05) is 0 Å². The number of carbonyl (C=O) groups excluding carboxylic acids is 1. The average molecular weight is 395 g/mol. The molecule has 7 nitrogen and oxygen atoms in total. The summed E-state index contributed by atoms with van der Waals surface area (Å²) in [6, 6.07) is 19.2. The maximum Gasteiger partial charge on any atom is 0.350 e. The van der Waals surface area contributed by atoms with Crippen LogP contribution in [-0.4, -0.2) is 20.1 Å². The van der Waals surface area contributed by atoms with Crippen molar-refractivity contribution in [1.29, 1.82) is 0 Å². The van der Waals surface area contributed by atoms with E-state index in [1.165, 1.54) is 4.40 Å². The van der Waals surface area contributed by atoms with Gasteiger partial charge in [0.15, 0.2) is 11.4 Å². The zero-order valence-corrected chi connectivity index (χ0v) is 15.3. The summed E-state index contributed by atoms with van der Waals surface area (Å²) >= 11 is 6.13. The lowest BCUT2D eigenvalue weighted by Gasteiger charge is -2.12. The van der Waals surface area contributed by atoms with Gasteiger partial charge in [0.1, 0.15) is 12.3 Å². The van der Waals surface area contributed by atoms with Gasteiger partial charge in [0.25, 0.3) is 0 Å². The molecule has 2 aromatic heterocycles. The minimum atomic E-state index is -0.402. The van der Waals surface area contributed by atoms with E-state index in [9.17, 15) is 9.59 Å². The highest BCUT2D eigenvalue weighted by molar-refractivity contribution is 6.32. The smallest absolute Gasteiger partial charge is 0.350 e. The molecule has 4 aromatic rings. The molecule has 8 heteroatoms. The molecule has 28 heavy (non-hydrogen) atoms. The predicted molar refractivity (Wildman–Crippen MR) is 106 cm³/mol. The van der Waals surface area contributed by atoms with Crippen molar-refractivity contribution in [1.82, 2.24) is 14.2 Å². The molecule has 0 aliphatic carbocycles. The van der Waals surface area contributed by atoms with Crippen molar-refractivity contribution in [3.05, 3.63) is 88.4 Å². The van der Waals surface area contributed by atoms with Crippen LogP contribution in [0.1, 0.15) is 0 Å². The first-order valence-corrected chi connectivity index (χ1v) is 8.85. The van der Waals surface area contributed by atoms with Crippen LogP contribution in [-0.2, 0) is 11.3 Å². The first kappa shape index (κ1) is 17.8. The summed E-state index contributed by atoms with van der Waals surface area (Å²) in [5.41, 5.74) is 0.554. The van der Waals surface area contributed by atoms with Crippen molar-refractivity contribution < 1.29 is 9.53 Å². The molecular formula is C20H15ClN4O3. The molecule has 0 radical (unpaired) electrons. The minimum absolute atomic E-state index is 0.221. The molecule has 0 unspecified atom stereocenters. The summed E-state index contributed by atoms with van der Waals surface area (Å²) in [5, 5.41) is 7.37. The van der Waals surface area contributed by atoms with E-state index in [4.69, 9.17) is 16.3 Å². The molecule has 0 spiro atoms. The molecule has 140 valence electrons. The van der Waals surface area contributed by atoms with Crippen molar-refractivity contribution in [3.8, 4) is 11.5 Å². The summed E-state index contributed by atoms with van der Waals surface area (Å²) in [5.74, 6) is 0.509. The maximum atomic E-state index is 12.5. The molecule has 1 N–H and O–H groups in total. The van der Waals surface area contributed by atoms with Gasteiger partial charge in [0, 0.05) is 6.20 Å². The molecule has 2 aromatic carbocycles. The van der Waals surface area contributed by atoms with E-state index in [1.54, 1.807) is 72.9 Å². The average Bonchev–Trinajstić information content (AvgIpc) is 3.01. The normalized spacial score (nSPS) is 10.8. The van der Waals surface area contributed by atoms with Gasteiger partial charge in [0.2, 0.25) is 5.91 Å². The van der Waals surface area contributed by atoms with E-state index >= 15 is 0 Å². The quantitative estimate of drug-likeness (QED) is 0.561. The van der Waals surface area contributed by atoms with Gasteiger partial charge in [-0.15, -0.1) is 5.10 Å². The molecule has 0 bridgehead atoms. The Morgan fingerprint density at radius 2 is 1.71 bits per heavy atom. The Morgan fingerprint density at radius 3 is 2.50 bits per heavy atom. The van der Waals surface area contributed by atoms with Crippen molar-refractivity contribution in [3.63, 3.8) is 0 Å². The summed E-state index contributed by atoms with van der Waals surface area (Å²) in [4.78, 5) is 24.8. The standard InChI is InChI=1S/C20H15ClN4O3/c21-14-7-1-3-9-16(14)28-17-10-4-2-8-15(17)22-19(26)13-25-20(27)24-12-6-5-11-18(24)23-25/h1-12H,13H2,(H,22,26). The Labute approximate surface area is 164 Å². The van der Waals surface area contributed by atoms with Gasteiger partial charge in [-0.1, -0.05) is 41.9 Å². The number of anilines is 1. The fraction of sp³-hybridized carbons (Fsp3) is 0.0500. The van der Waals surface area contributed by atoms with Crippen LogP contribution in [0.25, 0.3) is 5.65 Å². The highest BCUT2D eigenvalue weighted by atomic mass is 35.5. The second kappa shape index (κ2) is 7.58. The third-order valence-electron chi connectivity index (χ3n) is 4.00. The van der Waals surface area contributed by atoms with Gasteiger partial charge in [-0.25, -0.2) is 9.48 Å². The van der Waals surface area contributed by atoms with Crippen LogP contribution in [0.5, 0.6) is 11.5 Å². The molecule has 0 atom stereocenters. The molecule has 0 aliphatic heterocycles. The van der Waals surface area contributed by atoms with Gasteiger partial charge in [-0.3, -0.25) is 9.20 Å². The summed E-state index contributed by atoms with van der Waals surface area (Å²) < 4.78 is 8.32. The Kier molecular flexibility index (Phi) is 4.82. The fourth-order valence-corrected chi connectivity index (χ4v) is 2.88. The Balaban J connectivity index is 1.54. The van der Waals surface area contributed by atoms with Crippen LogP contribution in [0.4, 0.5) is 5.69 Å². The molecule has 0 saturated carbocycles. The van der Waals surface area contributed by atoms with Gasteiger partial charge in [-0.2, -0.15) is 0 Å². The Morgan fingerprint density at radius 1 is 1.00 bits per heavy atom. The lowest BCUT2D eigenvalue weighted by atomic mass is 10.3. The van der Waals surface area contributed by atoms with Crippen molar-refractivity contribution in [2.24, 2.45) is 0 Å². The van der Waals surface area contributed by atoms with E-state index in [0.717, 1.165) is 4.68 Å². The topological polar surface area (TPSA) is 77.6 Å². The van der Waals surface area contributed by atoms with E-state index in [0.29, 0.717) is 27.9 Å². The lowest BCUT2D eigenvalue weighted by Crippen LogP contribution is -2.28. The third-order valence-corrected chi connectivity index (χ3v) is 4.31. The second-order valence-electron chi connectivity index (χ2n) is 5.95. The number of aromatic nitrogens is 3. The number of hydrogen-bond donors (Lipinski definition) is 1. The highest BCUT2D eigenvalue weighted by Gasteiger charge is 2.13. The highest BCUT2D eigenvalue weighted by Crippen LogP contribution is 2.33. The van der Waals surface area contributed by atoms with Crippen LogP contribution < -0.4 is 15.7 Å². The summed E-state index contributed by atoms with van der Waals surface area (Å²) in [6.45, 7) is -0.221. The van der Waals surface area contributed by atoms with E-state index in [-0.39, 0.29) is 12.2 Å². The number of hydrogen-bond acceptors (Lipinski definition) is 4. The van der Waals surface area contributed by atoms with Crippen molar-refractivity contribution in [2.45, 2.75) is 6.54 Å². The van der Waals surface area contributed by atoms with Crippen LogP contribution in [0.15, 0.2) is 77.7 Å². The number of amides is 1. The first-order valence-electron chi connectivity index (χ1n) is 8.47. The number of rotatable bonds is 5. The Hall–Kier alpha value is -3.58. The van der Waals surface area contributed by atoms with E-state index in [2.05, 4.69) is 10.4 Å². The fourth-order valence-electron chi connectivity index (χ4n) is 2.70. The second-order valence-corrected chi connectivity index (χ2v) is 6.35. The number of benzene rings is 2. The van der Waals surface area contributed by atoms with E-state index < -0.39 is 5.91 Å². The number of halogens is 1. The van der Waals surface area contributed by atoms with Crippen LogP contribution in [0, 0.1) is 0 Å². The van der Waals surface area contributed by atoms with Crippen LogP contribution in [0.3, 0.4) is 0 Å². The first-order chi connectivity index (χ1) is 13.6. The van der Waals surface area contributed by atoms with Gasteiger partial charge >= 0.3 is 5.69 Å². The van der Waals surface area contributed by atoms with Crippen molar-refractivity contribution >= 4 is 28.8 Å². The molecule has 2 heterocycles. The third kappa shape index (κ3) is 3.60. The number of ether oxygens (including phenoxy) is 1. The molecule has 0 saturated heterocycles. The Bertz CT molecular complexity index is 1220. The lowest BCUT2D eigenvalue weighted by molar-refractivity contribution is -0.117. The molecule has 1 amide bonds. The molecular weight excluding hydrogens is 380 g/mol. The number of pyridine rings is 1. The zero-order valence-electron chi connectivity index (χ0n) is 14.6. The largest absolute Gasteiger partial charge is 0.454 e. The van der Waals surface area contributed by atoms with Gasteiger partial charge < -0.3 is 10.1 Å². The van der Waals surface area contributed by atoms with Gasteiger partial charge in [0.05, 0.1) is 10.7 Å². The van der Waals surface area contributed by atoms with Crippen molar-refractivity contribution in [2.75, 3.05) is 5.32 Å².